The molecule has 0 spiro atoms. The van der Waals surface area contributed by atoms with Crippen molar-refractivity contribution in [3.05, 3.63) is 226 Å². The summed E-state index contributed by atoms with van der Waals surface area (Å²) in [5.41, 5.74) is 32.4. The van der Waals surface area contributed by atoms with Crippen LogP contribution in [0.15, 0.2) is 176 Å². The average molecular weight is 1130 g/mol. The number of benzene rings is 9. The van der Waals surface area contributed by atoms with Gasteiger partial charge in [-0.2, -0.15) is 0 Å². The first-order chi connectivity index (χ1) is 40.5. The molecular weight excluding hydrogens is 1040 g/mol. The van der Waals surface area contributed by atoms with Crippen molar-refractivity contribution >= 4 is 63.3 Å². The molecule has 434 valence electrons. The zero-order valence-electron chi connectivity index (χ0n) is 54.5. The summed E-state index contributed by atoms with van der Waals surface area (Å²) in [6.45, 7) is 40.8. The van der Waals surface area contributed by atoms with Crippen LogP contribution in [0.3, 0.4) is 0 Å². The molecule has 5 aliphatic rings. The van der Waals surface area contributed by atoms with Crippen molar-refractivity contribution in [2.45, 2.75) is 181 Å². The third-order valence-corrected chi connectivity index (χ3v) is 21.6. The van der Waals surface area contributed by atoms with Crippen LogP contribution in [-0.4, -0.2) is 6.85 Å². The molecule has 14 rings (SSSR count). The smallest absolute Gasteiger partial charge is 0.333 e. The Labute approximate surface area is 515 Å². The second kappa shape index (κ2) is 19.0. The van der Waals surface area contributed by atoms with Gasteiger partial charge in [0, 0.05) is 56.5 Å². The Kier molecular flexibility index (Phi) is 12.4. The second-order valence-electron chi connectivity index (χ2n) is 31.6. The monoisotopic (exact) mass is 1130 g/mol. The van der Waals surface area contributed by atoms with Crippen LogP contribution in [-0.2, 0) is 37.9 Å². The van der Waals surface area contributed by atoms with E-state index >= 15 is 0 Å². The minimum Gasteiger partial charge on any atom is -0.376 e. The number of aryl methyl sites for hydroxylation is 1. The quantitative estimate of drug-likeness (QED) is 0.154. The fourth-order valence-electron chi connectivity index (χ4n) is 16.0. The van der Waals surface area contributed by atoms with E-state index in [-0.39, 0.29) is 44.8 Å². The van der Waals surface area contributed by atoms with Crippen molar-refractivity contribution < 1.29 is 0 Å². The van der Waals surface area contributed by atoms with Crippen LogP contribution in [0.5, 0.6) is 0 Å². The number of rotatable bonds is 6. The third kappa shape index (κ3) is 8.72. The molecule has 4 heteroatoms. The standard InChI is InChI=1S/C82H88BN3/c1-51-43-67-69(81(14,15)42-41-79(67,10)11)50-72(51)85-71-38-27-53(52-23-19-18-20-24-52)44-70(71)83-75-63(45-59(47-74(75)85)84(56-32-28-54(29-33-56)76(2,3)4)57-34-30-55(31-35-57)77(5,6)7)62-48-66-61(60-25-21-22-26-64(60)82(66,16)17)49-73(62)86(83)58-36-37-65-68(46-58)80(12,13)40-39-78(65,8)9/h18-38,43-50H,39-42H2,1-17H3. The Morgan fingerprint density at radius 1 is 0.384 bits per heavy atom. The SMILES string of the molecule is Cc1cc2c(cc1N1c3ccc(-c4ccccc4)cc3B3c4c(cc(N(c5ccc(C(C)(C)C)cc5)c5ccc(C(C)(C)C)cc5)cc41)-c1cc4c(cc1N3c1ccc3c(c1)C(C)(C)CCC3(C)C)-c1ccccc1C4(C)C)C(C)(C)CCC2(C)C. The van der Waals surface area contributed by atoms with Gasteiger partial charge in [0.15, 0.2) is 0 Å². The lowest BCUT2D eigenvalue weighted by Crippen LogP contribution is -2.61. The molecule has 0 amide bonds. The van der Waals surface area contributed by atoms with E-state index in [0.29, 0.717) is 0 Å². The highest BCUT2D eigenvalue weighted by molar-refractivity contribution is 6.93. The van der Waals surface area contributed by atoms with Gasteiger partial charge in [-0.25, -0.2) is 0 Å². The van der Waals surface area contributed by atoms with E-state index in [1.54, 1.807) is 0 Å². The normalized spacial score (nSPS) is 17.8. The first-order valence-electron chi connectivity index (χ1n) is 32.1. The summed E-state index contributed by atoms with van der Waals surface area (Å²) in [5.74, 6) is 0. The van der Waals surface area contributed by atoms with Crippen molar-refractivity contribution in [2.75, 3.05) is 14.6 Å². The molecule has 3 aliphatic carbocycles. The van der Waals surface area contributed by atoms with E-state index in [1.807, 2.05) is 0 Å². The minimum atomic E-state index is -0.221. The highest BCUT2D eigenvalue weighted by Crippen LogP contribution is 2.58. The molecule has 0 saturated carbocycles. The largest absolute Gasteiger partial charge is 0.376 e. The van der Waals surface area contributed by atoms with Crippen LogP contribution in [0.4, 0.5) is 45.5 Å². The van der Waals surface area contributed by atoms with Crippen LogP contribution in [0, 0.1) is 6.92 Å². The molecule has 0 N–H and O–H groups in total. The molecule has 0 unspecified atom stereocenters. The number of fused-ring (bicyclic) bond motifs is 9. The van der Waals surface area contributed by atoms with Gasteiger partial charge in [0.05, 0.1) is 0 Å². The number of nitrogens with zero attached hydrogens (tertiary/aromatic N) is 3. The van der Waals surface area contributed by atoms with Crippen molar-refractivity contribution in [1.29, 1.82) is 0 Å². The van der Waals surface area contributed by atoms with Crippen molar-refractivity contribution in [3.8, 4) is 33.4 Å². The molecule has 0 aromatic heterocycles. The molecule has 86 heavy (non-hydrogen) atoms. The summed E-state index contributed by atoms with van der Waals surface area (Å²) in [6, 6.07) is 69.9. The third-order valence-electron chi connectivity index (χ3n) is 21.6. The fourth-order valence-corrected chi connectivity index (χ4v) is 16.0. The Morgan fingerprint density at radius 2 is 0.942 bits per heavy atom. The van der Waals surface area contributed by atoms with E-state index < -0.39 is 0 Å². The van der Waals surface area contributed by atoms with Gasteiger partial charge in [0.1, 0.15) is 0 Å². The number of anilines is 8. The van der Waals surface area contributed by atoms with Gasteiger partial charge in [-0.05, 0) is 227 Å². The molecule has 2 heterocycles. The van der Waals surface area contributed by atoms with Gasteiger partial charge >= 0.3 is 6.85 Å². The summed E-state index contributed by atoms with van der Waals surface area (Å²) in [5, 5.41) is 0. The highest BCUT2D eigenvalue weighted by Gasteiger charge is 2.49. The maximum atomic E-state index is 2.80. The maximum absolute atomic E-state index is 2.80. The van der Waals surface area contributed by atoms with E-state index in [2.05, 4.69) is 308 Å². The van der Waals surface area contributed by atoms with Crippen molar-refractivity contribution in [1.82, 2.24) is 0 Å². The highest BCUT2D eigenvalue weighted by atomic mass is 15.2. The van der Waals surface area contributed by atoms with E-state index in [1.165, 1.54) is 136 Å². The minimum absolute atomic E-state index is 0.000789. The zero-order valence-corrected chi connectivity index (χ0v) is 54.5. The zero-order chi connectivity index (χ0) is 60.6. The van der Waals surface area contributed by atoms with Crippen LogP contribution in [0.2, 0.25) is 0 Å². The average Bonchev–Trinajstić information content (AvgIpc) is 0.971. The van der Waals surface area contributed by atoms with Gasteiger partial charge < -0.3 is 14.6 Å². The van der Waals surface area contributed by atoms with Gasteiger partial charge in [-0.1, -0.05) is 214 Å². The predicted molar refractivity (Wildman–Crippen MR) is 371 cm³/mol. The van der Waals surface area contributed by atoms with Gasteiger partial charge in [0.25, 0.3) is 0 Å². The second-order valence-corrected chi connectivity index (χ2v) is 31.6. The van der Waals surface area contributed by atoms with Crippen molar-refractivity contribution in [2.24, 2.45) is 0 Å². The van der Waals surface area contributed by atoms with E-state index in [4.69, 9.17) is 0 Å². The van der Waals surface area contributed by atoms with Crippen LogP contribution >= 0.6 is 0 Å². The molecule has 0 atom stereocenters. The molecular formula is C82H88BN3. The Balaban J connectivity index is 1.14. The van der Waals surface area contributed by atoms with Crippen molar-refractivity contribution in [3.63, 3.8) is 0 Å². The lowest BCUT2D eigenvalue weighted by molar-refractivity contribution is 0.332. The number of hydrogen-bond donors (Lipinski definition) is 0. The maximum Gasteiger partial charge on any atom is 0.333 e. The topological polar surface area (TPSA) is 9.72 Å². The summed E-state index contributed by atoms with van der Waals surface area (Å²) >= 11 is 0. The summed E-state index contributed by atoms with van der Waals surface area (Å²) in [7, 11) is 0. The summed E-state index contributed by atoms with van der Waals surface area (Å²) < 4.78 is 0. The number of hydrogen-bond acceptors (Lipinski definition) is 3. The van der Waals surface area contributed by atoms with Gasteiger partial charge in [0.2, 0.25) is 0 Å². The Bertz CT molecular complexity index is 4180. The predicted octanol–water partition coefficient (Wildman–Crippen LogP) is 21.4. The van der Waals surface area contributed by atoms with Gasteiger partial charge in [-0.15, -0.1) is 0 Å². The molecule has 9 aromatic carbocycles. The van der Waals surface area contributed by atoms with Gasteiger partial charge in [-0.3, -0.25) is 0 Å². The van der Waals surface area contributed by atoms with E-state index in [9.17, 15) is 0 Å². The molecule has 9 aromatic rings. The first kappa shape index (κ1) is 56.3. The lowest BCUT2D eigenvalue weighted by Gasteiger charge is -2.48. The summed E-state index contributed by atoms with van der Waals surface area (Å²) in [6.07, 6.45) is 4.62. The molecule has 2 aliphatic heterocycles. The molecule has 0 radical (unpaired) electrons. The molecule has 0 fully saturated rings. The molecule has 0 saturated heterocycles. The molecule has 0 bridgehead atoms. The van der Waals surface area contributed by atoms with Crippen LogP contribution < -0.4 is 25.5 Å². The Hall–Kier alpha value is -7.56. The lowest BCUT2D eigenvalue weighted by atomic mass is 9.43. The fraction of sp³-hybridized carbons (Fsp3) is 0.341. The van der Waals surface area contributed by atoms with Crippen LogP contribution in [0.1, 0.15) is 187 Å². The Morgan fingerprint density at radius 3 is 1.55 bits per heavy atom. The molecule has 3 nitrogen and oxygen atoms in total. The van der Waals surface area contributed by atoms with E-state index in [0.717, 1.165) is 29.9 Å². The first-order valence-corrected chi connectivity index (χ1v) is 32.1. The summed E-state index contributed by atoms with van der Waals surface area (Å²) in [4.78, 5) is 8.07. The van der Waals surface area contributed by atoms with Crippen LogP contribution in [0.25, 0.3) is 33.4 Å².